The van der Waals surface area contributed by atoms with E-state index in [9.17, 15) is 19.2 Å². The lowest BCUT2D eigenvalue weighted by atomic mass is 10.1. The van der Waals surface area contributed by atoms with Crippen LogP contribution in [0.3, 0.4) is 0 Å². The lowest BCUT2D eigenvalue weighted by Crippen LogP contribution is -2.57. The first-order valence-corrected chi connectivity index (χ1v) is 10.5. The molecule has 2 aliphatic rings. The second-order valence-electron chi connectivity index (χ2n) is 7.00. The van der Waals surface area contributed by atoms with Crippen molar-refractivity contribution in [2.45, 2.75) is 38.1 Å². The summed E-state index contributed by atoms with van der Waals surface area (Å²) in [6, 6.07) is -0.767. The van der Waals surface area contributed by atoms with E-state index in [0.29, 0.717) is 29.6 Å². The summed E-state index contributed by atoms with van der Waals surface area (Å²) in [6.45, 7) is 2.74. The molecule has 158 valence electrons. The topological polar surface area (TPSA) is 114 Å². The lowest BCUT2D eigenvalue weighted by Gasteiger charge is -2.33. The van der Waals surface area contributed by atoms with E-state index in [0.717, 1.165) is 18.4 Å². The third-order valence-corrected chi connectivity index (χ3v) is 5.86. The molecule has 1 atom stereocenters. The fraction of sp³-hybridized carbons (Fsp3) is 0.579. The van der Waals surface area contributed by atoms with E-state index in [1.54, 1.807) is 11.8 Å². The van der Waals surface area contributed by atoms with E-state index in [-0.39, 0.29) is 31.4 Å². The van der Waals surface area contributed by atoms with Crippen LogP contribution in [0.5, 0.6) is 0 Å². The molecule has 1 aliphatic carbocycles. The zero-order valence-corrected chi connectivity index (χ0v) is 17.3. The van der Waals surface area contributed by atoms with Crippen molar-refractivity contribution in [1.29, 1.82) is 0 Å². The average molecular weight is 423 g/mol. The summed E-state index contributed by atoms with van der Waals surface area (Å²) in [6.07, 6.45) is 1.91. The quantitative estimate of drug-likeness (QED) is 0.602. The molecule has 0 bridgehead atoms. The minimum atomic E-state index is -0.767. The van der Waals surface area contributed by atoms with Crippen molar-refractivity contribution in [3.05, 3.63) is 16.5 Å². The van der Waals surface area contributed by atoms with Crippen molar-refractivity contribution >= 4 is 40.1 Å². The number of ether oxygens (including phenoxy) is 2. The maximum atomic E-state index is 12.7. The second kappa shape index (κ2) is 9.36. The van der Waals surface area contributed by atoms with Crippen LogP contribution >= 0.6 is 11.3 Å². The van der Waals surface area contributed by atoms with E-state index < -0.39 is 18.0 Å². The number of anilines is 1. The van der Waals surface area contributed by atoms with Gasteiger partial charge in [0.25, 0.3) is 0 Å². The molecular formula is C19H25N3O6S. The summed E-state index contributed by atoms with van der Waals surface area (Å²) >= 11 is 1.30. The third-order valence-electron chi connectivity index (χ3n) is 4.95. The van der Waals surface area contributed by atoms with Crippen LogP contribution in [0.25, 0.3) is 0 Å². The molecule has 0 aromatic carbocycles. The highest BCUT2D eigenvalue weighted by atomic mass is 32.1. The van der Waals surface area contributed by atoms with Gasteiger partial charge in [-0.15, -0.1) is 11.3 Å². The first-order valence-electron chi connectivity index (χ1n) is 9.61. The number of carbonyl (C=O) groups excluding carboxylic acids is 4. The van der Waals surface area contributed by atoms with Crippen LogP contribution in [-0.2, 0) is 23.9 Å². The largest absolute Gasteiger partial charge is 0.469 e. The van der Waals surface area contributed by atoms with Crippen molar-refractivity contribution in [3.63, 3.8) is 0 Å². The van der Waals surface area contributed by atoms with E-state index in [4.69, 9.17) is 4.74 Å². The van der Waals surface area contributed by atoms with Crippen LogP contribution in [0.1, 0.15) is 48.0 Å². The highest BCUT2D eigenvalue weighted by Gasteiger charge is 2.35. The van der Waals surface area contributed by atoms with Gasteiger partial charge in [-0.3, -0.25) is 19.3 Å². The Bertz CT molecular complexity index is 804. The molecule has 2 heterocycles. The van der Waals surface area contributed by atoms with E-state index in [1.807, 2.05) is 5.38 Å². The standard InChI is InChI=1S/C19H25N3O6S/c1-3-28-19(26)16-12(11-4-5-11)10-29-18(16)21-14(23)9-22-7-6-20-17(25)13(22)8-15(24)27-2/h10-11,13H,3-9H2,1-2H3,(H,20,25)(H,21,23)/t13-/m1/s1. The third kappa shape index (κ3) is 5.13. The van der Waals surface area contributed by atoms with E-state index in [2.05, 4.69) is 15.4 Å². The summed E-state index contributed by atoms with van der Waals surface area (Å²) in [4.78, 5) is 50.5. The number of hydrogen-bond acceptors (Lipinski definition) is 8. The number of hydrogen-bond donors (Lipinski definition) is 2. The number of nitrogens with one attached hydrogen (secondary N) is 2. The van der Waals surface area contributed by atoms with Crippen LogP contribution in [-0.4, -0.2) is 68.0 Å². The Morgan fingerprint density at radius 3 is 2.76 bits per heavy atom. The fourth-order valence-corrected chi connectivity index (χ4v) is 4.38. The molecule has 0 unspecified atom stereocenters. The van der Waals surface area contributed by atoms with Crippen LogP contribution in [0.15, 0.2) is 5.38 Å². The molecule has 9 nitrogen and oxygen atoms in total. The Morgan fingerprint density at radius 2 is 2.10 bits per heavy atom. The maximum absolute atomic E-state index is 12.7. The summed E-state index contributed by atoms with van der Waals surface area (Å²) < 4.78 is 9.82. The number of amides is 2. The molecule has 10 heteroatoms. The van der Waals surface area contributed by atoms with Crippen LogP contribution < -0.4 is 10.6 Å². The molecule has 1 aliphatic heterocycles. The van der Waals surface area contributed by atoms with Crippen molar-refractivity contribution in [1.82, 2.24) is 10.2 Å². The van der Waals surface area contributed by atoms with Gasteiger partial charge in [0, 0.05) is 13.1 Å². The molecule has 0 spiro atoms. The molecule has 29 heavy (non-hydrogen) atoms. The molecule has 1 aromatic rings. The summed E-state index contributed by atoms with van der Waals surface area (Å²) in [7, 11) is 1.26. The zero-order valence-electron chi connectivity index (χ0n) is 16.5. The molecule has 1 saturated heterocycles. The highest BCUT2D eigenvalue weighted by Crippen LogP contribution is 2.46. The molecule has 2 amide bonds. The van der Waals surface area contributed by atoms with Gasteiger partial charge < -0.3 is 20.1 Å². The van der Waals surface area contributed by atoms with E-state index >= 15 is 0 Å². The smallest absolute Gasteiger partial charge is 0.341 e. The van der Waals surface area contributed by atoms with Gasteiger partial charge in [-0.25, -0.2) is 4.79 Å². The monoisotopic (exact) mass is 423 g/mol. The van der Waals surface area contributed by atoms with Crippen molar-refractivity contribution < 1.29 is 28.7 Å². The lowest BCUT2D eigenvalue weighted by molar-refractivity contribution is -0.146. The molecule has 3 rings (SSSR count). The maximum Gasteiger partial charge on any atom is 0.341 e. The predicted octanol–water partition coefficient (Wildman–Crippen LogP) is 1.10. The van der Waals surface area contributed by atoms with Gasteiger partial charge in [-0.2, -0.15) is 0 Å². The molecule has 0 radical (unpaired) electrons. The molecule has 1 saturated carbocycles. The number of rotatable bonds is 8. The van der Waals surface area contributed by atoms with Gasteiger partial charge in [0.2, 0.25) is 11.8 Å². The Kier molecular flexibility index (Phi) is 6.86. The molecule has 2 N–H and O–H groups in total. The SMILES string of the molecule is CCOC(=O)c1c(C2CC2)csc1NC(=O)CN1CCNC(=O)[C@H]1CC(=O)OC. The van der Waals surface area contributed by atoms with Crippen LogP contribution in [0, 0.1) is 0 Å². The normalized spacial score (nSPS) is 19.4. The first kappa shape index (κ1) is 21.3. The summed E-state index contributed by atoms with van der Waals surface area (Å²) in [5.74, 6) is -1.29. The van der Waals surface area contributed by atoms with Crippen molar-refractivity contribution in [2.24, 2.45) is 0 Å². The Labute approximate surface area is 172 Å². The second-order valence-corrected chi connectivity index (χ2v) is 7.88. The Morgan fingerprint density at radius 1 is 1.34 bits per heavy atom. The van der Waals surface area contributed by atoms with Crippen molar-refractivity contribution in [3.8, 4) is 0 Å². The number of esters is 2. The number of nitrogens with zero attached hydrogens (tertiary/aromatic N) is 1. The Hall–Kier alpha value is -2.46. The fourth-order valence-electron chi connectivity index (χ4n) is 3.34. The number of methoxy groups -OCH3 is 1. The number of thiophene rings is 1. The van der Waals surface area contributed by atoms with Crippen LogP contribution in [0.2, 0.25) is 0 Å². The highest BCUT2D eigenvalue weighted by molar-refractivity contribution is 7.15. The van der Waals surface area contributed by atoms with Crippen molar-refractivity contribution in [2.75, 3.05) is 38.7 Å². The first-order chi connectivity index (χ1) is 13.9. The van der Waals surface area contributed by atoms with Gasteiger partial charge in [0.05, 0.1) is 32.2 Å². The zero-order chi connectivity index (χ0) is 21.0. The summed E-state index contributed by atoms with van der Waals surface area (Å²) in [5, 5.41) is 7.84. The number of piperazine rings is 1. The Balaban J connectivity index is 1.70. The van der Waals surface area contributed by atoms with Gasteiger partial charge in [0.1, 0.15) is 11.0 Å². The minimum absolute atomic E-state index is 0.0754. The van der Waals surface area contributed by atoms with Crippen LogP contribution in [0.4, 0.5) is 5.00 Å². The van der Waals surface area contributed by atoms with Gasteiger partial charge in [-0.1, -0.05) is 0 Å². The van der Waals surface area contributed by atoms with Gasteiger partial charge >= 0.3 is 11.9 Å². The average Bonchev–Trinajstić information content (AvgIpc) is 3.45. The number of carbonyl (C=O) groups is 4. The van der Waals surface area contributed by atoms with Gasteiger partial charge in [0.15, 0.2) is 0 Å². The van der Waals surface area contributed by atoms with Gasteiger partial charge in [-0.05, 0) is 36.6 Å². The predicted molar refractivity (Wildman–Crippen MR) is 106 cm³/mol. The molecule has 2 fully saturated rings. The van der Waals surface area contributed by atoms with E-state index in [1.165, 1.54) is 18.4 Å². The minimum Gasteiger partial charge on any atom is -0.469 e. The molecular weight excluding hydrogens is 398 g/mol. The molecule has 1 aromatic heterocycles. The summed E-state index contributed by atoms with van der Waals surface area (Å²) in [5.41, 5.74) is 1.35.